The number of likely N-dealkylation sites (tertiary alicyclic amines) is 3. The van der Waals surface area contributed by atoms with Gasteiger partial charge in [-0.1, -0.05) is 60.7 Å². The van der Waals surface area contributed by atoms with E-state index in [2.05, 4.69) is 46.9 Å². The van der Waals surface area contributed by atoms with Crippen LogP contribution in [0.25, 0.3) is 0 Å². The number of carboxylic acids is 1. The Morgan fingerprint density at radius 3 is 1.44 bits per heavy atom. The first-order valence-electron chi connectivity index (χ1n) is 29.1. The second-order valence-electron chi connectivity index (χ2n) is 21.5. The molecule has 0 radical (unpaired) electrons. The Hall–Kier alpha value is -9.13. The van der Waals surface area contributed by atoms with Crippen molar-refractivity contribution in [3.8, 4) is 0 Å². The zero-order chi connectivity index (χ0) is 63.6. The Balaban J connectivity index is 1.22. The Kier molecular flexibility index (Phi) is 27.4. The standard InChI is InChI=1S/C56H85N19O12/c57-35(17-7-23-64-54(58)59)45(78)69-36(18-8-24-65-55(60)61)50(83)75-28-12-22-43(75)52(85)74-27-10-20-41(74)48(81)67-31-44(77)68-38(29-33-13-3-1-4-14-33)46(79)72-40(32-76)51(84)73-26-11-21-42(73)49(82)71-39(30-34-15-5-2-6-16-34)47(80)70-37(53(86)87)19-9-25-66-56(62)63/h1-6,13-16,35-43,76H,7-12,17-32,57H2,(H,67,81)(H,68,77)(H,69,78)(H,70,80)(H,71,82)(H,72,79)(H,86,87)(H4,58,59,64)(H4,60,61,65)(H4,62,63,66)/t35-,36-,37-,38-,39-,40-,41-,42-,43-/m0/s1. The smallest absolute Gasteiger partial charge is 0.326 e. The number of amides is 9. The average Bonchev–Trinajstić information content (AvgIpc) is 2.18. The lowest BCUT2D eigenvalue weighted by Crippen LogP contribution is -2.60. The number of aliphatic hydroxyl groups excluding tert-OH is 1. The molecular weight excluding hydrogens is 1130 g/mol. The number of hydrogen-bond acceptors (Lipinski definition) is 15. The maximum Gasteiger partial charge on any atom is 0.326 e. The lowest BCUT2D eigenvalue weighted by atomic mass is 10.0. The molecule has 31 heteroatoms. The van der Waals surface area contributed by atoms with Crippen LogP contribution in [-0.2, 0) is 60.8 Å². The zero-order valence-electron chi connectivity index (χ0n) is 48.7. The van der Waals surface area contributed by atoms with Crippen LogP contribution < -0.4 is 72.0 Å². The highest BCUT2D eigenvalue weighted by molar-refractivity contribution is 5.98. The predicted molar refractivity (Wildman–Crippen MR) is 320 cm³/mol. The molecule has 3 heterocycles. The first-order chi connectivity index (χ1) is 41.6. The van der Waals surface area contributed by atoms with Crippen LogP contribution >= 0.6 is 0 Å². The molecule has 9 amide bonds. The first-order valence-corrected chi connectivity index (χ1v) is 29.1. The van der Waals surface area contributed by atoms with Crippen LogP contribution in [0, 0.1) is 0 Å². The highest BCUT2D eigenvalue weighted by atomic mass is 16.4. The van der Waals surface area contributed by atoms with Crippen LogP contribution in [0.2, 0.25) is 0 Å². The second kappa shape index (κ2) is 34.7. The summed E-state index contributed by atoms with van der Waals surface area (Å²) in [4.78, 5) is 154. The van der Waals surface area contributed by atoms with Gasteiger partial charge in [0.15, 0.2) is 17.9 Å². The molecule has 2 aromatic rings. The van der Waals surface area contributed by atoms with Crippen LogP contribution in [-0.4, -0.2) is 209 Å². The highest BCUT2D eigenvalue weighted by Crippen LogP contribution is 2.27. The molecule has 22 N–H and O–H groups in total. The zero-order valence-corrected chi connectivity index (χ0v) is 48.7. The summed E-state index contributed by atoms with van der Waals surface area (Å²) in [5.74, 6) is -8.15. The molecule has 0 bridgehead atoms. The molecule has 3 aliphatic rings. The van der Waals surface area contributed by atoms with Gasteiger partial charge in [-0.05, 0) is 88.2 Å². The molecular formula is C56H85N19O12. The van der Waals surface area contributed by atoms with Gasteiger partial charge >= 0.3 is 5.97 Å². The molecule has 0 aliphatic carbocycles. The van der Waals surface area contributed by atoms with E-state index in [4.69, 9.17) is 40.1 Å². The second-order valence-corrected chi connectivity index (χ2v) is 21.5. The number of rotatable bonds is 33. The van der Waals surface area contributed by atoms with E-state index in [0.717, 1.165) is 0 Å². The van der Waals surface area contributed by atoms with Crippen molar-refractivity contribution < 1.29 is 58.2 Å². The molecule has 476 valence electrons. The molecule has 5 rings (SSSR count). The largest absolute Gasteiger partial charge is 0.480 e. The van der Waals surface area contributed by atoms with Crippen molar-refractivity contribution in [2.24, 2.45) is 55.1 Å². The predicted octanol–water partition coefficient (Wildman–Crippen LogP) is -5.45. The van der Waals surface area contributed by atoms with Crippen LogP contribution in [0.3, 0.4) is 0 Å². The number of nitrogens with two attached hydrogens (primary N) is 7. The topological polar surface area (TPSA) is 512 Å². The van der Waals surface area contributed by atoms with E-state index in [1.807, 2.05) is 0 Å². The van der Waals surface area contributed by atoms with Crippen molar-refractivity contribution in [3.63, 3.8) is 0 Å². The van der Waals surface area contributed by atoms with Gasteiger partial charge in [0.1, 0.15) is 48.3 Å². The van der Waals surface area contributed by atoms with Crippen molar-refractivity contribution in [1.29, 1.82) is 0 Å². The van der Waals surface area contributed by atoms with Crippen molar-refractivity contribution >= 4 is 77.0 Å². The van der Waals surface area contributed by atoms with Gasteiger partial charge in [0.05, 0.1) is 19.2 Å². The Morgan fingerprint density at radius 1 is 0.506 bits per heavy atom. The molecule has 31 nitrogen and oxygen atoms in total. The maximum atomic E-state index is 14.4. The summed E-state index contributed by atoms with van der Waals surface area (Å²) in [5.41, 5.74) is 39.9. The average molecular weight is 1220 g/mol. The summed E-state index contributed by atoms with van der Waals surface area (Å²) in [7, 11) is 0. The third-order valence-electron chi connectivity index (χ3n) is 15.0. The molecule has 0 saturated carbocycles. The molecule has 3 saturated heterocycles. The number of nitrogens with one attached hydrogen (secondary N) is 6. The number of hydrogen-bond donors (Lipinski definition) is 15. The van der Waals surface area contributed by atoms with Gasteiger partial charge < -0.3 is 96.9 Å². The third kappa shape index (κ3) is 21.7. The first kappa shape index (κ1) is 68.6. The van der Waals surface area contributed by atoms with Crippen LogP contribution in [0.15, 0.2) is 75.6 Å². The molecule has 2 aromatic carbocycles. The highest BCUT2D eigenvalue weighted by Gasteiger charge is 2.44. The summed E-state index contributed by atoms with van der Waals surface area (Å²) in [6, 6.07) is 6.28. The fraction of sp³-hybridized carbons (Fsp3) is 0.554. The number of nitrogens with zero attached hydrogens (tertiary/aromatic N) is 6. The van der Waals surface area contributed by atoms with Gasteiger partial charge in [-0.25, -0.2) is 4.79 Å². The van der Waals surface area contributed by atoms with Gasteiger partial charge in [-0.2, -0.15) is 0 Å². The third-order valence-corrected chi connectivity index (χ3v) is 15.0. The summed E-state index contributed by atoms with van der Waals surface area (Å²) >= 11 is 0. The number of guanidine groups is 3. The lowest BCUT2D eigenvalue weighted by Gasteiger charge is -2.33. The Bertz CT molecular complexity index is 2780. The number of carbonyl (C=O) groups is 10. The van der Waals surface area contributed by atoms with Gasteiger partial charge in [0.2, 0.25) is 53.2 Å². The summed E-state index contributed by atoms with van der Waals surface area (Å²) < 4.78 is 0. The van der Waals surface area contributed by atoms with Crippen LogP contribution in [0.4, 0.5) is 0 Å². The van der Waals surface area contributed by atoms with Crippen molar-refractivity contribution in [2.45, 2.75) is 144 Å². The minimum absolute atomic E-state index is 0.0320. The number of carboxylic acid groups (broad SMARTS) is 1. The van der Waals surface area contributed by atoms with E-state index in [9.17, 15) is 58.2 Å². The van der Waals surface area contributed by atoms with Gasteiger partial charge in [0, 0.05) is 52.1 Å². The van der Waals surface area contributed by atoms with E-state index >= 15 is 0 Å². The monoisotopic (exact) mass is 1220 g/mol. The number of aliphatic hydroxyl groups is 1. The van der Waals surface area contributed by atoms with E-state index < -0.39 is 127 Å². The molecule has 0 aromatic heterocycles. The van der Waals surface area contributed by atoms with Crippen LogP contribution in [0.5, 0.6) is 0 Å². The summed E-state index contributed by atoms with van der Waals surface area (Å²) in [6.07, 6.45) is 2.90. The number of aliphatic carboxylic acids is 1. The van der Waals surface area contributed by atoms with E-state index in [0.29, 0.717) is 43.2 Å². The number of aliphatic imine (C=N–C) groups is 3. The Morgan fingerprint density at radius 2 is 0.931 bits per heavy atom. The summed E-state index contributed by atoms with van der Waals surface area (Å²) in [6.45, 7) is -0.665. The SMILES string of the molecule is NC(N)=NCCC[C@H](NC(=O)[C@H](Cc1ccccc1)NC(=O)[C@@H]1CCCN1C(=O)[C@H](CO)NC(=O)[C@H](Cc1ccccc1)NC(=O)CNC(=O)[C@@H]1CCCN1C(=O)[C@@H]1CCCN1C(=O)[C@H](CCCN=C(N)N)NC(=O)[C@@H](N)CCCN=C(N)N)C(=O)O. The number of benzene rings is 2. The molecule has 87 heavy (non-hydrogen) atoms. The van der Waals surface area contributed by atoms with E-state index in [-0.39, 0.29) is 115 Å². The van der Waals surface area contributed by atoms with Crippen molar-refractivity contribution in [2.75, 3.05) is 52.4 Å². The van der Waals surface area contributed by atoms with Crippen LogP contribution in [0.1, 0.15) is 88.2 Å². The molecule has 3 fully saturated rings. The Labute approximate surface area is 503 Å². The van der Waals surface area contributed by atoms with Crippen molar-refractivity contribution in [3.05, 3.63) is 71.8 Å². The lowest BCUT2D eigenvalue weighted by molar-refractivity contribution is -0.148. The van der Waals surface area contributed by atoms with Gasteiger partial charge in [-0.3, -0.25) is 58.1 Å². The van der Waals surface area contributed by atoms with Crippen molar-refractivity contribution in [1.82, 2.24) is 46.6 Å². The van der Waals surface area contributed by atoms with E-state index in [1.165, 1.54) is 14.7 Å². The molecule has 0 unspecified atom stereocenters. The van der Waals surface area contributed by atoms with Gasteiger partial charge in [-0.15, -0.1) is 0 Å². The fourth-order valence-corrected chi connectivity index (χ4v) is 10.6. The number of carbonyl (C=O) groups excluding carboxylic acids is 9. The summed E-state index contributed by atoms with van der Waals surface area (Å²) in [5, 5.41) is 36.1. The minimum atomic E-state index is -1.62. The van der Waals surface area contributed by atoms with Gasteiger partial charge in [0.25, 0.3) is 0 Å². The fourth-order valence-electron chi connectivity index (χ4n) is 10.6. The van der Waals surface area contributed by atoms with E-state index in [1.54, 1.807) is 60.7 Å². The molecule has 9 atom stereocenters. The minimum Gasteiger partial charge on any atom is -0.480 e. The molecule has 0 spiro atoms. The maximum absolute atomic E-state index is 14.4. The normalized spacial score (nSPS) is 18.3. The quantitative estimate of drug-likeness (QED) is 0.0180. The molecule has 3 aliphatic heterocycles.